The van der Waals surface area contributed by atoms with E-state index in [0.29, 0.717) is 20.9 Å². The summed E-state index contributed by atoms with van der Waals surface area (Å²) in [7, 11) is 0. The number of Topliss-reactive ketones (excluding diaryl/α,β-unsaturated/α-hetero) is 2. The molecule has 0 fully saturated rings. The highest BCUT2D eigenvalue weighted by Crippen LogP contribution is 2.72. The summed E-state index contributed by atoms with van der Waals surface area (Å²) < 4.78 is 10.4. The molecule has 1 aliphatic carbocycles. The molecule has 0 saturated carbocycles. The minimum absolute atomic E-state index is 0.0236. The van der Waals surface area contributed by atoms with Crippen LogP contribution in [0.2, 0.25) is 0 Å². The van der Waals surface area contributed by atoms with E-state index in [4.69, 9.17) is 0 Å². The number of ketones is 2. The van der Waals surface area contributed by atoms with Crippen LogP contribution in [0.3, 0.4) is 0 Å². The van der Waals surface area contributed by atoms with E-state index in [-0.39, 0.29) is 11.6 Å². The second-order valence-corrected chi connectivity index (χ2v) is 18.3. The Labute approximate surface area is 228 Å². The summed E-state index contributed by atoms with van der Waals surface area (Å²) in [5.74, 6) is -0.0471. The molecule has 32 heavy (non-hydrogen) atoms. The van der Waals surface area contributed by atoms with Crippen LogP contribution >= 0.6 is 118 Å². The van der Waals surface area contributed by atoms with Gasteiger partial charge < -0.3 is 0 Å². The molecule has 0 atom stereocenters. The van der Waals surface area contributed by atoms with Crippen LogP contribution in [-0.4, -0.2) is 24.1 Å². The number of benzene rings is 1. The zero-order valence-corrected chi connectivity index (χ0v) is 24.4. The highest BCUT2D eigenvalue weighted by atomic mass is 32.3. The van der Waals surface area contributed by atoms with Crippen LogP contribution in [0, 0.1) is 0 Å². The van der Waals surface area contributed by atoms with Crippen LogP contribution in [0.4, 0.5) is 0 Å². The van der Waals surface area contributed by atoms with Crippen molar-refractivity contribution >= 4 is 129 Å². The molecular weight excluding hydrogens is 593 g/mol. The maximum atomic E-state index is 13.0. The summed E-state index contributed by atoms with van der Waals surface area (Å²) in [6.07, 6.45) is 4.28. The lowest BCUT2D eigenvalue weighted by molar-refractivity contribution is 0.0988. The molecule has 4 heterocycles. The third kappa shape index (κ3) is 3.88. The smallest absolute Gasteiger partial charge is 0.201 e. The van der Waals surface area contributed by atoms with Crippen molar-refractivity contribution in [1.29, 1.82) is 0 Å². The minimum Gasteiger partial charge on any atom is -0.288 e. The van der Waals surface area contributed by atoms with E-state index in [0.717, 1.165) is 4.24 Å². The van der Waals surface area contributed by atoms with Crippen molar-refractivity contribution in [3.05, 3.63) is 79.1 Å². The average molecular weight is 603 g/mol. The van der Waals surface area contributed by atoms with E-state index in [2.05, 4.69) is 12.5 Å². The van der Waals surface area contributed by atoms with Crippen molar-refractivity contribution in [2.75, 3.05) is 12.5 Å². The molecule has 0 unspecified atom stereocenters. The van der Waals surface area contributed by atoms with E-state index in [1.807, 2.05) is 82.7 Å². The number of fused-ring (bicyclic) bond motifs is 1. The van der Waals surface area contributed by atoms with Crippen molar-refractivity contribution in [2.45, 2.75) is 0 Å². The lowest BCUT2D eigenvalue weighted by Crippen LogP contribution is -2.17. The number of hydrogen-bond donors (Lipinski definition) is 0. The van der Waals surface area contributed by atoms with Gasteiger partial charge in [0, 0.05) is 11.1 Å². The summed E-state index contributed by atoms with van der Waals surface area (Å²) in [6, 6.07) is 7.15. The van der Waals surface area contributed by atoms with E-state index in [1.54, 1.807) is 35.7 Å². The first-order valence-electron chi connectivity index (χ1n) is 8.98. The van der Waals surface area contributed by atoms with Crippen LogP contribution in [-0.2, 0) is 0 Å². The van der Waals surface area contributed by atoms with Crippen molar-refractivity contribution in [3.8, 4) is 0 Å². The molecular formula is C20H10O2S10. The van der Waals surface area contributed by atoms with Crippen molar-refractivity contribution < 1.29 is 9.59 Å². The standard InChI is InChI=1S/C20H10O2S10/c1-23-13-14(24-2)28-17(27-13)18-31-19-20(32-18)30-16(29-19)15-25-11-9(21)7-5-3-4-6-8(7)10(22)12(11)26-15/h3-6H,1-2H3. The quantitative estimate of drug-likeness (QED) is 0.323. The zero-order valence-electron chi connectivity index (χ0n) is 16.2. The van der Waals surface area contributed by atoms with Crippen LogP contribution in [0.1, 0.15) is 20.7 Å². The van der Waals surface area contributed by atoms with Crippen LogP contribution < -0.4 is 0 Å². The minimum atomic E-state index is -0.0236. The van der Waals surface area contributed by atoms with Crippen LogP contribution in [0.5, 0.6) is 0 Å². The molecule has 4 aliphatic heterocycles. The van der Waals surface area contributed by atoms with Gasteiger partial charge in [-0.3, -0.25) is 9.59 Å². The lowest BCUT2D eigenvalue weighted by Gasteiger charge is -2.13. The highest BCUT2D eigenvalue weighted by molar-refractivity contribution is 8.50. The van der Waals surface area contributed by atoms with Crippen LogP contribution in [0.25, 0.3) is 0 Å². The van der Waals surface area contributed by atoms with Gasteiger partial charge in [0.1, 0.15) is 0 Å². The number of thioether (sulfide) groups is 10. The first-order valence-corrected chi connectivity index (χ1v) is 18.0. The first-order chi connectivity index (χ1) is 15.6. The molecule has 0 spiro atoms. The third-order valence-corrected chi connectivity index (χ3v) is 19.1. The second-order valence-electron chi connectivity index (χ2n) is 6.39. The molecule has 0 radical (unpaired) electrons. The predicted octanol–water partition coefficient (Wildman–Crippen LogP) is 9.43. The van der Waals surface area contributed by atoms with Crippen molar-refractivity contribution in [1.82, 2.24) is 0 Å². The maximum Gasteiger partial charge on any atom is 0.201 e. The number of rotatable bonds is 2. The lowest BCUT2D eigenvalue weighted by atomic mass is 9.94. The Kier molecular flexibility index (Phi) is 6.76. The van der Waals surface area contributed by atoms with Gasteiger partial charge in [0.05, 0.1) is 43.7 Å². The van der Waals surface area contributed by atoms with Crippen molar-refractivity contribution in [3.63, 3.8) is 0 Å². The highest BCUT2D eigenvalue weighted by Gasteiger charge is 2.41. The number of allylic oxidation sites excluding steroid dienone is 2. The molecule has 0 amide bonds. The van der Waals surface area contributed by atoms with Gasteiger partial charge in [-0.15, -0.1) is 23.5 Å². The molecule has 0 saturated heterocycles. The summed E-state index contributed by atoms with van der Waals surface area (Å²) in [5, 5.41) is 0. The Morgan fingerprint density at radius 2 is 0.875 bits per heavy atom. The maximum absolute atomic E-state index is 13.0. The predicted molar refractivity (Wildman–Crippen MR) is 158 cm³/mol. The number of carbonyl (C=O) groups excluding carboxylic acids is 2. The molecule has 162 valence electrons. The van der Waals surface area contributed by atoms with Gasteiger partial charge in [0.15, 0.2) is 0 Å². The second kappa shape index (κ2) is 9.33. The molecule has 0 aromatic heterocycles. The summed E-state index contributed by atoms with van der Waals surface area (Å²) in [6.45, 7) is 0. The largest absolute Gasteiger partial charge is 0.288 e. The molecule has 1 aromatic carbocycles. The zero-order chi connectivity index (χ0) is 22.0. The Morgan fingerprint density at radius 3 is 1.25 bits per heavy atom. The average Bonchev–Trinajstić information content (AvgIpc) is 3.57. The van der Waals surface area contributed by atoms with Gasteiger partial charge in [-0.1, -0.05) is 118 Å². The van der Waals surface area contributed by atoms with Gasteiger partial charge >= 0.3 is 0 Å². The Morgan fingerprint density at radius 1 is 0.531 bits per heavy atom. The number of carbonyl (C=O) groups is 2. The van der Waals surface area contributed by atoms with Gasteiger partial charge in [-0.05, 0) is 12.5 Å². The summed E-state index contributed by atoms with van der Waals surface area (Å²) in [5.41, 5.74) is 1.06. The Hall–Kier alpha value is 0.760. The fraction of sp³-hybridized carbons (Fsp3) is 0.100. The summed E-state index contributed by atoms with van der Waals surface area (Å²) >= 11 is 17.7. The van der Waals surface area contributed by atoms with Gasteiger partial charge in [-0.25, -0.2) is 0 Å². The Bertz CT molecular complexity index is 1190. The van der Waals surface area contributed by atoms with E-state index < -0.39 is 0 Å². The van der Waals surface area contributed by atoms with Gasteiger partial charge in [-0.2, -0.15) is 0 Å². The monoisotopic (exact) mass is 602 g/mol. The van der Waals surface area contributed by atoms with Crippen LogP contribution in [0.15, 0.2) is 68.0 Å². The fourth-order valence-corrected chi connectivity index (χ4v) is 17.7. The fourth-order valence-electron chi connectivity index (χ4n) is 3.16. The first kappa shape index (κ1) is 23.2. The molecule has 0 bridgehead atoms. The van der Waals surface area contributed by atoms with E-state index in [9.17, 15) is 9.59 Å². The topological polar surface area (TPSA) is 34.1 Å². The SMILES string of the molecule is CSC1=C(SC)SC(=C2SC3=C(S2)SC(=C2SC4=C(S2)C(=O)c2ccccc2C4=O)S3)S1. The van der Waals surface area contributed by atoms with E-state index >= 15 is 0 Å². The van der Waals surface area contributed by atoms with Crippen molar-refractivity contribution in [2.24, 2.45) is 0 Å². The molecule has 5 aliphatic rings. The Balaban J connectivity index is 1.19. The summed E-state index contributed by atoms with van der Waals surface area (Å²) in [4.78, 5) is 27.1. The molecule has 0 N–H and O–H groups in total. The normalized spacial score (nSPS) is 22.7. The van der Waals surface area contributed by atoms with E-state index in [1.165, 1.54) is 53.2 Å². The molecule has 2 nitrogen and oxygen atoms in total. The third-order valence-electron chi connectivity index (χ3n) is 4.57. The molecule has 6 rings (SSSR count). The molecule has 12 heteroatoms. The van der Waals surface area contributed by atoms with Gasteiger partial charge in [0.2, 0.25) is 11.6 Å². The van der Waals surface area contributed by atoms with Gasteiger partial charge in [0.25, 0.3) is 0 Å². The molecule has 1 aromatic rings. The number of hydrogen-bond acceptors (Lipinski definition) is 12.